The monoisotopic (exact) mass is 541 g/mol. The molecule has 3 rings (SSSR count). The van der Waals surface area contributed by atoms with Gasteiger partial charge in [0, 0.05) is 13.1 Å². The molecule has 8 nitrogen and oxygen atoms in total. The van der Waals surface area contributed by atoms with Gasteiger partial charge in [0.25, 0.3) is 10.0 Å². The molecule has 1 unspecified atom stereocenters. The van der Waals surface area contributed by atoms with Crippen molar-refractivity contribution in [1.29, 1.82) is 0 Å². The van der Waals surface area contributed by atoms with Crippen molar-refractivity contribution in [3.05, 3.63) is 90.2 Å². The van der Waals surface area contributed by atoms with Crippen LogP contribution in [0.1, 0.15) is 25.8 Å². The average molecular weight is 542 g/mol. The minimum absolute atomic E-state index is 0.0122. The fourth-order valence-electron chi connectivity index (χ4n) is 3.76. The van der Waals surface area contributed by atoms with Crippen LogP contribution in [0, 0.1) is 5.82 Å². The number of amides is 2. The zero-order valence-corrected chi connectivity index (χ0v) is 22.4. The third-order valence-corrected chi connectivity index (χ3v) is 7.74. The Bertz CT molecular complexity index is 1320. The summed E-state index contributed by atoms with van der Waals surface area (Å²) in [5.41, 5.74) is 0.852. The maximum absolute atomic E-state index is 13.8. The van der Waals surface area contributed by atoms with Gasteiger partial charge in [-0.15, -0.1) is 0 Å². The SMILES string of the molecule is CCCNC(=O)C(C)N(Cc1ccc(F)cc1)C(=O)CN(c1ccc(OC)cc1)S(=O)(=O)c1ccccc1. The number of halogens is 1. The van der Waals surface area contributed by atoms with Crippen LogP contribution >= 0.6 is 0 Å². The molecule has 0 bridgehead atoms. The molecule has 3 aromatic carbocycles. The molecule has 0 aliphatic heterocycles. The summed E-state index contributed by atoms with van der Waals surface area (Å²) in [6.45, 7) is 3.35. The first-order valence-electron chi connectivity index (χ1n) is 12.2. The molecule has 0 heterocycles. The molecular formula is C28H32FN3O5S. The number of methoxy groups -OCH3 is 1. The van der Waals surface area contributed by atoms with Gasteiger partial charge in [0.2, 0.25) is 11.8 Å². The lowest BCUT2D eigenvalue weighted by atomic mass is 10.1. The fourth-order valence-corrected chi connectivity index (χ4v) is 5.20. The summed E-state index contributed by atoms with van der Waals surface area (Å²) in [5, 5.41) is 2.78. The summed E-state index contributed by atoms with van der Waals surface area (Å²) in [6.07, 6.45) is 0.713. The topological polar surface area (TPSA) is 96.0 Å². The fraction of sp³-hybridized carbons (Fsp3) is 0.286. The van der Waals surface area contributed by atoms with E-state index in [9.17, 15) is 22.4 Å². The molecule has 10 heteroatoms. The van der Waals surface area contributed by atoms with E-state index in [0.717, 1.165) is 4.31 Å². The van der Waals surface area contributed by atoms with E-state index in [1.165, 1.54) is 48.4 Å². The molecule has 1 atom stereocenters. The third-order valence-electron chi connectivity index (χ3n) is 5.95. The summed E-state index contributed by atoms with van der Waals surface area (Å²) < 4.78 is 47.1. The van der Waals surface area contributed by atoms with Gasteiger partial charge in [-0.1, -0.05) is 37.3 Å². The van der Waals surface area contributed by atoms with Crippen LogP contribution in [-0.2, 0) is 26.2 Å². The van der Waals surface area contributed by atoms with Crippen LogP contribution in [0.15, 0.2) is 83.8 Å². The van der Waals surface area contributed by atoms with Crippen LogP contribution in [0.2, 0.25) is 0 Å². The molecule has 38 heavy (non-hydrogen) atoms. The summed E-state index contributed by atoms with van der Waals surface area (Å²) in [6, 6.07) is 18.8. The normalized spacial score (nSPS) is 11.9. The molecule has 0 fully saturated rings. The lowest BCUT2D eigenvalue weighted by Crippen LogP contribution is -2.51. The largest absolute Gasteiger partial charge is 0.497 e. The first kappa shape index (κ1) is 28.6. The highest BCUT2D eigenvalue weighted by Gasteiger charge is 2.32. The lowest BCUT2D eigenvalue weighted by molar-refractivity contribution is -0.139. The number of hydrogen-bond acceptors (Lipinski definition) is 5. The Balaban J connectivity index is 2.00. The molecule has 1 N–H and O–H groups in total. The van der Waals surface area contributed by atoms with Crippen molar-refractivity contribution in [2.45, 2.75) is 37.8 Å². The van der Waals surface area contributed by atoms with Crippen LogP contribution in [0.3, 0.4) is 0 Å². The van der Waals surface area contributed by atoms with Gasteiger partial charge in [0.05, 0.1) is 17.7 Å². The molecule has 0 aromatic heterocycles. The number of rotatable bonds is 12. The molecule has 202 valence electrons. The lowest BCUT2D eigenvalue weighted by Gasteiger charge is -2.32. The molecular weight excluding hydrogens is 509 g/mol. The molecule has 3 aromatic rings. The number of nitrogens with one attached hydrogen (secondary N) is 1. The molecule has 2 amide bonds. The third kappa shape index (κ3) is 7.10. The molecule has 0 aliphatic rings. The molecule has 0 saturated carbocycles. The van der Waals surface area contributed by atoms with Crippen LogP contribution < -0.4 is 14.4 Å². The van der Waals surface area contributed by atoms with Crippen molar-refractivity contribution in [1.82, 2.24) is 10.2 Å². The van der Waals surface area contributed by atoms with E-state index in [1.807, 2.05) is 6.92 Å². The van der Waals surface area contributed by atoms with Crippen molar-refractivity contribution in [3.8, 4) is 5.75 Å². The number of carbonyl (C=O) groups is 2. The van der Waals surface area contributed by atoms with E-state index in [4.69, 9.17) is 4.74 Å². The molecule has 0 saturated heterocycles. The van der Waals surface area contributed by atoms with Gasteiger partial charge < -0.3 is 15.0 Å². The van der Waals surface area contributed by atoms with E-state index in [0.29, 0.717) is 24.3 Å². The number of carbonyl (C=O) groups excluding carboxylic acids is 2. The Morgan fingerprint density at radius 1 is 0.974 bits per heavy atom. The Kier molecular flexibility index (Phi) is 9.84. The quantitative estimate of drug-likeness (QED) is 0.374. The highest BCUT2D eigenvalue weighted by molar-refractivity contribution is 7.92. The zero-order valence-electron chi connectivity index (χ0n) is 21.6. The highest BCUT2D eigenvalue weighted by atomic mass is 32.2. The van der Waals surface area contributed by atoms with Crippen molar-refractivity contribution in [2.24, 2.45) is 0 Å². The average Bonchev–Trinajstić information content (AvgIpc) is 2.94. The smallest absolute Gasteiger partial charge is 0.264 e. The van der Waals surface area contributed by atoms with Crippen molar-refractivity contribution in [2.75, 3.05) is 24.5 Å². The van der Waals surface area contributed by atoms with Crippen LogP contribution in [0.25, 0.3) is 0 Å². The number of anilines is 1. The van der Waals surface area contributed by atoms with Crippen LogP contribution in [-0.4, -0.2) is 51.4 Å². The second-order valence-electron chi connectivity index (χ2n) is 8.64. The van der Waals surface area contributed by atoms with E-state index in [-0.39, 0.29) is 23.0 Å². The second kappa shape index (κ2) is 13.0. The van der Waals surface area contributed by atoms with Gasteiger partial charge in [-0.25, -0.2) is 12.8 Å². The first-order chi connectivity index (χ1) is 18.2. The predicted molar refractivity (Wildman–Crippen MR) is 144 cm³/mol. The highest BCUT2D eigenvalue weighted by Crippen LogP contribution is 2.26. The van der Waals surface area contributed by atoms with E-state index < -0.39 is 34.3 Å². The summed E-state index contributed by atoms with van der Waals surface area (Å²) in [4.78, 5) is 27.9. The van der Waals surface area contributed by atoms with E-state index >= 15 is 0 Å². The maximum Gasteiger partial charge on any atom is 0.264 e. The Labute approximate surface area is 223 Å². The van der Waals surface area contributed by atoms with Gasteiger partial charge >= 0.3 is 0 Å². The molecule has 0 radical (unpaired) electrons. The molecule has 0 aliphatic carbocycles. The van der Waals surface area contributed by atoms with E-state index in [1.54, 1.807) is 49.4 Å². The van der Waals surface area contributed by atoms with Crippen molar-refractivity contribution < 1.29 is 27.1 Å². The van der Waals surface area contributed by atoms with Gasteiger partial charge in [0.1, 0.15) is 24.2 Å². The van der Waals surface area contributed by atoms with Crippen molar-refractivity contribution in [3.63, 3.8) is 0 Å². The number of sulfonamides is 1. The standard InChI is InChI=1S/C28H32FN3O5S/c1-4-18-30-28(34)21(2)31(19-22-10-12-23(29)13-11-22)27(33)20-32(24-14-16-25(37-3)17-15-24)38(35,36)26-8-6-5-7-9-26/h5-17,21H,4,18-20H2,1-3H3,(H,30,34). The summed E-state index contributed by atoms with van der Waals surface area (Å²) in [7, 11) is -2.65. The van der Waals surface area contributed by atoms with Gasteiger partial charge in [0.15, 0.2) is 0 Å². The minimum atomic E-state index is -4.15. The predicted octanol–water partition coefficient (Wildman–Crippen LogP) is 3.97. The Morgan fingerprint density at radius 3 is 2.18 bits per heavy atom. The van der Waals surface area contributed by atoms with Gasteiger partial charge in [-0.3, -0.25) is 13.9 Å². The number of ether oxygens (including phenoxy) is 1. The number of nitrogens with zero attached hydrogens (tertiary/aromatic N) is 2. The van der Waals surface area contributed by atoms with Gasteiger partial charge in [-0.2, -0.15) is 0 Å². The summed E-state index contributed by atoms with van der Waals surface area (Å²) in [5.74, 6) is -0.871. The first-order valence-corrected chi connectivity index (χ1v) is 13.6. The van der Waals surface area contributed by atoms with Crippen molar-refractivity contribution >= 4 is 27.5 Å². The van der Waals surface area contributed by atoms with Crippen LogP contribution in [0.4, 0.5) is 10.1 Å². The zero-order chi connectivity index (χ0) is 27.7. The molecule has 0 spiro atoms. The van der Waals surface area contributed by atoms with Gasteiger partial charge in [-0.05, 0) is 67.4 Å². The maximum atomic E-state index is 13.8. The number of hydrogen-bond donors (Lipinski definition) is 1. The number of benzene rings is 3. The van der Waals surface area contributed by atoms with Crippen LogP contribution in [0.5, 0.6) is 5.75 Å². The minimum Gasteiger partial charge on any atom is -0.497 e. The summed E-state index contributed by atoms with van der Waals surface area (Å²) >= 11 is 0. The van der Waals surface area contributed by atoms with E-state index in [2.05, 4.69) is 5.32 Å². The second-order valence-corrected chi connectivity index (χ2v) is 10.5. The Hall–Kier alpha value is -3.92. The Morgan fingerprint density at radius 2 is 1.61 bits per heavy atom.